The molecule has 0 radical (unpaired) electrons. The summed E-state index contributed by atoms with van der Waals surface area (Å²) in [6.07, 6.45) is 4.01. The number of hydrazone groups is 1. The van der Waals surface area contributed by atoms with Crippen molar-refractivity contribution in [1.82, 2.24) is 14.8 Å². The number of benzene rings is 1. The van der Waals surface area contributed by atoms with Gasteiger partial charge >= 0.3 is 0 Å². The van der Waals surface area contributed by atoms with Crippen LogP contribution in [0.3, 0.4) is 0 Å². The Morgan fingerprint density at radius 2 is 2.19 bits per heavy atom. The summed E-state index contributed by atoms with van der Waals surface area (Å²) < 4.78 is 1.91. The number of nitrogens with zero attached hydrogens (tertiary/aromatic N) is 3. The van der Waals surface area contributed by atoms with E-state index in [1.54, 1.807) is 11.3 Å². The lowest BCUT2D eigenvalue weighted by Crippen LogP contribution is -2.21. The molecular weight excluding hydrogens is 284 g/mol. The monoisotopic (exact) mass is 298 g/mol. The first-order valence-electron chi connectivity index (χ1n) is 6.52. The Hall–Kier alpha value is -2.47. The molecule has 1 N–H and O–H groups in total. The van der Waals surface area contributed by atoms with Gasteiger partial charge in [-0.25, -0.2) is 10.4 Å². The summed E-state index contributed by atoms with van der Waals surface area (Å²) in [6, 6.07) is 9.73. The van der Waals surface area contributed by atoms with Gasteiger partial charge in [-0.15, -0.1) is 11.3 Å². The zero-order valence-electron chi connectivity index (χ0n) is 11.5. The number of carbonyl (C=O) groups is 1. The van der Waals surface area contributed by atoms with Gasteiger partial charge in [0.05, 0.1) is 17.8 Å². The van der Waals surface area contributed by atoms with Gasteiger partial charge in [-0.1, -0.05) is 30.3 Å². The van der Waals surface area contributed by atoms with E-state index in [0.29, 0.717) is 0 Å². The third-order valence-corrected chi connectivity index (χ3v) is 3.80. The third kappa shape index (κ3) is 3.17. The Kier molecular flexibility index (Phi) is 3.79. The number of fused-ring (bicyclic) bond motifs is 1. The second kappa shape index (κ2) is 5.88. The summed E-state index contributed by atoms with van der Waals surface area (Å²) >= 11 is 1.54. The predicted octanol–water partition coefficient (Wildman–Crippen LogP) is 2.48. The summed E-state index contributed by atoms with van der Waals surface area (Å²) in [6.45, 7) is 1.86. The number of imidazole rings is 1. The Balaban J connectivity index is 1.62. The van der Waals surface area contributed by atoms with E-state index in [9.17, 15) is 4.79 Å². The lowest BCUT2D eigenvalue weighted by Gasteiger charge is -2.01. The average molecular weight is 298 g/mol. The number of hydrogen-bond acceptors (Lipinski definition) is 4. The number of hydrogen-bond donors (Lipinski definition) is 1. The topological polar surface area (TPSA) is 58.8 Å². The molecule has 0 spiro atoms. The van der Waals surface area contributed by atoms with Crippen molar-refractivity contribution in [3.05, 3.63) is 59.4 Å². The highest BCUT2D eigenvalue weighted by Gasteiger charge is 2.08. The van der Waals surface area contributed by atoms with Crippen LogP contribution in [0.2, 0.25) is 0 Å². The Morgan fingerprint density at radius 1 is 1.38 bits per heavy atom. The molecule has 2 aromatic heterocycles. The molecule has 0 unspecified atom stereocenters. The van der Waals surface area contributed by atoms with E-state index in [4.69, 9.17) is 0 Å². The van der Waals surface area contributed by atoms with E-state index in [0.717, 1.165) is 21.9 Å². The molecule has 0 aliphatic carbocycles. The molecule has 3 rings (SSSR count). The number of thiazole rings is 1. The number of rotatable bonds is 4. The second-order valence-corrected chi connectivity index (χ2v) is 5.47. The van der Waals surface area contributed by atoms with Crippen LogP contribution < -0.4 is 5.43 Å². The van der Waals surface area contributed by atoms with E-state index in [2.05, 4.69) is 15.5 Å². The highest BCUT2D eigenvalue weighted by molar-refractivity contribution is 7.15. The normalized spacial score (nSPS) is 11.8. The largest absolute Gasteiger partial charge is 0.297 e. The van der Waals surface area contributed by atoms with Gasteiger partial charge in [0.15, 0.2) is 4.96 Å². The predicted molar refractivity (Wildman–Crippen MR) is 83.6 cm³/mol. The standard InChI is InChI=1S/C15H14N4OS/c1-11(12-5-3-2-4-6-12)17-18-14(20)9-13-10-19-7-8-21-15(19)16-13/h2-8,10H,9H2,1H3,(H,18,20). The SMILES string of the molecule is CC(=NNC(=O)Cc1cn2ccsc2n1)c1ccccc1. The van der Waals surface area contributed by atoms with E-state index in [1.165, 1.54) is 0 Å². The Labute approximate surface area is 126 Å². The van der Waals surface area contributed by atoms with Crippen LogP contribution in [0.4, 0.5) is 0 Å². The first-order chi connectivity index (χ1) is 10.2. The molecule has 2 heterocycles. The Bertz CT molecular complexity index is 760. The fraction of sp³-hybridized carbons (Fsp3) is 0.133. The van der Waals surface area contributed by atoms with Gasteiger partial charge in [0.1, 0.15) is 0 Å². The zero-order chi connectivity index (χ0) is 14.7. The lowest BCUT2D eigenvalue weighted by molar-refractivity contribution is -0.120. The second-order valence-electron chi connectivity index (χ2n) is 4.60. The minimum atomic E-state index is -0.170. The van der Waals surface area contributed by atoms with Crippen LogP contribution in [-0.4, -0.2) is 21.0 Å². The molecule has 5 nitrogen and oxygen atoms in total. The molecule has 0 aliphatic rings. The van der Waals surface area contributed by atoms with Gasteiger partial charge in [-0.05, 0) is 12.5 Å². The fourth-order valence-electron chi connectivity index (χ4n) is 1.96. The van der Waals surface area contributed by atoms with E-state index >= 15 is 0 Å². The maximum absolute atomic E-state index is 11.9. The van der Waals surface area contributed by atoms with Gasteiger partial charge in [-0.3, -0.25) is 9.20 Å². The van der Waals surface area contributed by atoms with Crippen molar-refractivity contribution >= 4 is 27.9 Å². The van der Waals surface area contributed by atoms with Crippen molar-refractivity contribution in [2.45, 2.75) is 13.3 Å². The van der Waals surface area contributed by atoms with Crippen molar-refractivity contribution in [3.63, 3.8) is 0 Å². The highest BCUT2D eigenvalue weighted by Crippen LogP contribution is 2.11. The van der Waals surface area contributed by atoms with Gasteiger partial charge in [0.2, 0.25) is 5.91 Å². The van der Waals surface area contributed by atoms with Crippen LogP contribution in [-0.2, 0) is 11.2 Å². The quantitative estimate of drug-likeness (QED) is 0.594. The van der Waals surface area contributed by atoms with Crippen LogP contribution >= 0.6 is 11.3 Å². The molecule has 0 aliphatic heterocycles. The zero-order valence-corrected chi connectivity index (χ0v) is 12.3. The number of amides is 1. The minimum Gasteiger partial charge on any atom is -0.297 e. The maximum atomic E-state index is 11.9. The molecule has 21 heavy (non-hydrogen) atoms. The molecule has 3 aromatic rings. The Morgan fingerprint density at radius 3 is 2.95 bits per heavy atom. The van der Waals surface area contributed by atoms with Crippen molar-refractivity contribution in [2.75, 3.05) is 0 Å². The first kappa shape index (κ1) is 13.5. The number of carbonyl (C=O) groups excluding carboxylic acids is 1. The lowest BCUT2D eigenvalue weighted by atomic mass is 10.1. The van der Waals surface area contributed by atoms with Gasteiger partial charge in [0, 0.05) is 17.8 Å². The maximum Gasteiger partial charge on any atom is 0.246 e. The van der Waals surface area contributed by atoms with Crippen LogP contribution in [0.25, 0.3) is 4.96 Å². The molecule has 1 amide bonds. The molecule has 6 heteroatoms. The number of aromatic nitrogens is 2. The summed E-state index contributed by atoms with van der Waals surface area (Å²) in [5.41, 5.74) is 5.07. The summed E-state index contributed by atoms with van der Waals surface area (Å²) in [4.78, 5) is 17.1. The summed E-state index contributed by atoms with van der Waals surface area (Å²) in [5, 5.41) is 6.08. The molecule has 0 atom stereocenters. The van der Waals surface area contributed by atoms with Gasteiger partial charge in [0.25, 0.3) is 0 Å². The van der Waals surface area contributed by atoms with Crippen LogP contribution in [0.1, 0.15) is 18.2 Å². The van der Waals surface area contributed by atoms with E-state index in [-0.39, 0.29) is 12.3 Å². The van der Waals surface area contributed by atoms with Crippen molar-refractivity contribution < 1.29 is 4.79 Å². The van der Waals surface area contributed by atoms with Crippen LogP contribution in [0, 0.1) is 0 Å². The molecule has 0 bridgehead atoms. The fourth-order valence-corrected chi connectivity index (χ4v) is 2.67. The van der Waals surface area contributed by atoms with E-state index < -0.39 is 0 Å². The molecule has 0 saturated carbocycles. The molecule has 0 saturated heterocycles. The number of nitrogens with one attached hydrogen (secondary N) is 1. The summed E-state index contributed by atoms with van der Waals surface area (Å²) in [5.74, 6) is -0.170. The molecule has 1 aromatic carbocycles. The molecular formula is C15H14N4OS. The van der Waals surface area contributed by atoms with Crippen molar-refractivity contribution in [1.29, 1.82) is 0 Å². The van der Waals surface area contributed by atoms with Crippen LogP contribution in [0.5, 0.6) is 0 Å². The highest BCUT2D eigenvalue weighted by atomic mass is 32.1. The smallest absolute Gasteiger partial charge is 0.246 e. The third-order valence-electron chi connectivity index (χ3n) is 3.02. The molecule has 106 valence electrons. The summed E-state index contributed by atoms with van der Waals surface area (Å²) in [7, 11) is 0. The first-order valence-corrected chi connectivity index (χ1v) is 7.40. The van der Waals surface area contributed by atoms with Gasteiger partial charge in [-0.2, -0.15) is 5.10 Å². The minimum absolute atomic E-state index is 0.170. The average Bonchev–Trinajstić information content (AvgIpc) is 3.07. The van der Waals surface area contributed by atoms with Crippen LogP contribution in [0.15, 0.2) is 53.2 Å². The van der Waals surface area contributed by atoms with Crippen molar-refractivity contribution in [3.8, 4) is 0 Å². The van der Waals surface area contributed by atoms with E-state index in [1.807, 2.05) is 59.4 Å². The van der Waals surface area contributed by atoms with Gasteiger partial charge < -0.3 is 0 Å². The molecule has 0 fully saturated rings. The van der Waals surface area contributed by atoms with Crippen molar-refractivity contribution in [2.24, 2.45) is 5.10 Å².